The molecule has 1 aromatic heterocycles. The van der Waals surface area contributed by atoms with Crippen LogP contribution in [-0.4, -0.2) is 4.98 Å². The summed E-state index contributed by atoms with van der Waals surface area (Å²) < 4.78 is 0. The molecule has 0 radical (unpaired) electrons. The van der Waals surface area contributed by atoms with Gasteiger partial charge < -0.3 is 4.90 Å². The predicted molar refractivity (Wildman–Crippen MR) is 87.6 cm³/mol. The fourth-order valence-corrected chi connectivity index (χ4v) is 3.29. The van der Waals surface area contributed by atoms with Crippen LogP contribution in [0.4, 0.5) is 5.82 Å². The SMILES string of the molecule is ClCc1cnc(N2Cc3ccccc3C2)c2ccccc12. The lowest BCUT2D eigenvalue weighted by Crippen LogP contribution is -2.16. The first-order chi connectivity index (χ1) is 10.4. The minimum absolute atomic E-state index is 0.494. The van der Waals surface area contributed by atoms with Crippen molar-refractivity contribution in [2.75, 3.05) is 4.90 Å². The van der Waals surface area contributed by atoms with Gasteiger partial charge in [0.1, 0.15) is 5.82 Å². The number of halogens is 1. The van der Waals surface area contributed by atoms with Gasteiger partial charge in [-0.1, -0.05) is 48.5 Å². The highest BCUT2D eigenvalue weighted by molar-refractivity contribution is 6.18. The number of pyridine rings is 1. The monoisotopic (exact) mass is 294 g/mol. The van der Waals surface area contributed by atoms with E-state index in [0.717, 1.165) is 24.5 Å². The van der Waals surface area contributed by atoms with E-state index in [-0.39, 0.29) is 0 Å². The molecule has 1 aliphatic heterocycles. The van der Waals surface area contributed by atoms with Gasteiger partial charge in [0.2, 0.25) is 0 Å². The molecular formula is C18H15ClN2. The zero-order valence-electron chi connectivity index (χ0n) is 11.6. The number of alkyl halides is 1. The number of fused-ring (bicyclic) bond motifs is 2. The van der Waals surface area contributed by atoms with Crippen molar-refractivity contribution in [1.29, 1.82) is 0 Å². The van der Waals surface area contributed by atoms with Crippen molar-refractivity contribution >= 4 is 28.2 Å². The maximum Gasteiger partial charge on any atom is 0.137 e. The van der Waals surface area contributed by atoms with E-state index in [4.69, 9.17) is 11.6 Å². The molecule has 4 rings (SSSR count). The summed E-state index contributed by atoms with van der Waals surface area (Å²) in [7, 11) is 0. The number of rotatable bonds is 2. The molecule has 2 heterocycles. The van der Waals surface area contributed by atoms with E-state index in [9.17, 15) is 0 Å². The topological polar surface area (TPSA) is 16.1 Å². The van der Waals surface area contributed by atoms with Crippen LogP contribution in [0.2, 0.25) is 0 Å². The normalized spacial score (nSPS) is 13.7. The van der Waals surface area contributed by atoms with Crippen molar-refractivity contribution in [3.8, 4) is 0 Å². The van der Waals surface area contributed by atoms with Crippen LogP contribution in [0, 0.1) is 0 Å². The molecule has 0 atom stereocenters. The molecule has 1 aliphatic rings. The van der Waals surface area contributed by atoms with Gasteiger partial charge in [0.15, 0.2) is 0 Å². The van der Waals surface area contributed by atoms with Crippen LogP contribution in [0.25, 0.3) is 10.8 Å². The second-order valence-corrected chi connectivity index (χ2v) is 5.68. The molecule has 0 aliphatic carbocycles. The summed E-state index contributed by atoms with van der Waals surface area (Å²) in [5.41, 5.74) is 3.88. The molecule has 0 amide bonds. The highest BCUT2D eigenvalue weighted by Gasteiger charge is 2.21. The minimum Gasteiger partial charge on any atom is -0.347 e. The quantitative estimate of drug-likeness (QED) is 0.647. The first-order valence-electron chi connectivity index (χ1n) is 7.11. The number of anilines is 1. The number of aromatic nitrogens is 1. The zero-order chi connectivity index (χ0) is 14.2. The maximum atomic E-state index is 6.04. The summed E-state index contributed by atoms with van der Waals surface area (Å²) in [6, 6.07) is 17.0. The van der Waals surface area contributed by atoms with Gasteiger partial charge in [0.25, 0.3) is 0 Å². The van der Waals surface area contributed by atoms with E-state index in [0.29, 0.717) is 5.88 Å². The lowest BCUT2D eigenvalue weighted by molar-refractivity contribution is 0.862. The molecule has 2 nitrogen and oxygen atoms in total. The third kappa shape index (κ3) is 2.07. The Labute approximate surface area is 129 Å². The molecule has 3 aromatic rings. The average molecular weight is 295 g/mol. The van der Waals surface area contributed by atoms with Crippen LogP contribution in [0.15, 0.2) is 54.7 Å². The Balaban J connectivity index is 1.82. The van der Waals surface area contributed by atoms with Crippen molar-refractivity contribution in [3.63, 3.8) is 0 Å². The first-order valence-corrected chi connectivity index (χ1v) is 7.64. The highest BCUT2D eigenvalue weighted by Crippen LogP contribution is 2.33. The summed E-state index contributed by atoms with van der Waals surface area (Å²) in [5, 5.41) is 2.39. The fraction of sp³-hybridized carbons (Fsp3) is 0.167. The lowest BCUT2D eigenvalue weighted by Gasteiger charge is -2.19. The van der Waals surface area contributed by atoms with Crippen molar-refractivity contribution in [2.45, 2.75) is 19.0 Å². The van der Waals surface area contributed by atoms with E-state index in [2.05, 4.69) is 58.4 Å². The molecule has 0 bridgehead atoms. The van der Waals surface area contributed by atoms with Crippen LogP contribution < -0.4 is 4.90 Å². The second-order valence-electron chi connectivity index (χ2n) is 5.41. The smallest absolute Gasteiger partial charge is 0.137 e. The third-order valence-electron chi connectivity index (χ3n) is 4.14. The fourth-order valence-electron chi connectivity index (χ4n) is 3.08. The Hall–Kier alpha value is -2.06. The van der Waals surface area contributed by atoms with Crippen molar-refractivity contribution in [3.05, 3.63) is 71.4 Å². The van der Waals surface area contributed by atoms with Crippen LogP contribution in [-0.2, 0) is 19.0 Å². The van der Waals surface area contributed by atoms with Gasteiger partial charge in [-0.3, -0.25) is 0 Å². The standard InChI is InChI=1S/C18H15ClN2/c19-9-15-10-20-18(17-8-4-3-7-16(15)17)21-11-13-5-1-2-6-14(13)12-21/h1-8,10H,9,11-12H2. The van der Waals surface area contributed by atoms with Crippen molar-refractivity contribution < 1.29 is 0 Å². The van der Waals surface area contributed by atoms with Gasteiger partial charge in [0.05, 0.1) is 0 Å². The molecular weight excluding hydrogens is 280 g/mol. The minimum atomic E-state index is 0.494. The summed E-state index contributed by atoms with van der Waals surface area (Å²) in [6.07, 6.45) is 1.91. The van der Waals surface area contributed by atoms with Gasteiger partial charge >= 0.3 is 0 Å². The van der Waals surface area contributed by atoms with Crippen molar-refractivity contribution in [1.82, 2.24) is 4.98 Å². The summed E-state index contributed by atoms with van der Waals surface area (Å²) in [4.78, 5) is 7.02. The van der Waals surface area contributed by atoms with Gasteiger partial charge in [0, 0.05) is 30.6 Å². The van der Waals surface area contributed by atoms with E-state index >= 15 is 0 Å². The van der Waals surface area contributed by atoms with Crippen LogP contribution in [0.3, 0.4) is 0 Å². The predicted octanol–water partition coefficient (Wildman–Crippen LogP) is 4.49. The van der Waals surface area contributed by atoms with Crippen LogP contribution in [0.5, 0.6) is 0 Å². The Morgan fingerprint density at radius 3 is 2.19 bits per heavy atom. The third-order valence-corrected chi connectivity index (χ3v) is 4.43. The summed E-state index contributed by atoms with van der Waals surface area (Å²) in [5.74, 6) is 1.55. The molecule has 0 fully saturated rings. The van der Waals surface area contributed by atoms with Gasteiger partial charge in [-0.25, -0.2) is 4.98 Å². The molecule has 0 N–H and O–H groups in total. The molecule has 3 heteroatoms. The highest BCUT2D eigenvalue weighted by atomic mass is 35.5. The Kier molecular flexibility index (Phi) is 3.04. The molecule has 104 valence electrons. The molecule has 21 heavy (non-hydrogen) atoms. The Bertz CT molecular complexity index is 788. The summed E-state index contributed by atoms with van der Waals surface area (Å²) >= 11 is 6.04. The summed E-state index contributed by atoms with van der Waals surface area (Å²) in [6.45, 7) is 1.85. The number of hydrogen-bond acceptors (Lipinski definition) is 2. The van der Waals surface area contributed by atoms with E-state index in [1.54, 1.807) is 0 Å². The average Bonchev–Trinajstić information content (AvgIpc) is 2.97. The largest absolute Gasteiger partial charge is 0.347 e. The molecule has 0 saturated heterocycles. The van der Waals surface area contributed by atoms with Crippen LogP contribution >= 0.6 is 11.6 Å². The zero-order valence-corrected chi connectivity index (χ0v) is 12.3. The molecule has 0 unspecified atom stereocenters. The van der Waals surface area contributed by atoms with E-state index in [1.807, 2.05) is 6.20 Å². The Morgan fingerprint density at radius 1 is 0.905 bits per heavy atom. The van der Waals surface area contributed by atoms with Gasteiger partial charge in [-0.15, -0.1) is 11.6 Å². The lowest BCUT2D eigenvalue weighted by atomic mass is 10.1. The second kappa shape index (κ2) is 5.05. The molecule has 0 saturated carbocycles. The number of hydrogen-bond donors (Lipinski definition) is 0. The number of nitrogens with zero attached hydrogens (tertiary/aromatic N) is 2. The molecule has 2 aromatic carbocycles. The number of benzene rings is 2. The van der Waals surface area contributed by atoms with E-state index in [1.165, 1.54) is 21.9 Å². The first kappa shape index (κ1) is 12.7. The maximum absolute atomic E-state index is 6.04. The van der Waals surface area contributed by atoms with E-state index < -0.39 is 0 Å². The molecule has 0 spiro atoms. The Morgan fingerprint density at radius 2 is 1.52 bits per heavy atom. The van der Waals surface area contributed by atoms with Gasteiger partial charge in [-0.2, -0.15) is 0 Å². The van der Waals surface area contributed by atoms with Gasteiger partial charge in [-0.05, 0) is 22.1 Å². The van der Waals surface area contributed by atoms with Crippen LogP contribution in [0.1, 0.15) is 16.7 Å². The van der Waals surface area contributed by atoms with Crippen molar-refractivity contribution in [2.24, 2.45) is 0 Å².